The summed E-state index contributed by atoms with van der Waals surface area (Å²) >= 11 is 1.58. The Balaban J connectivity index is 1.46. The van der Waals surface area contributed by atoms with Crippen LogP contribution in [0.25, 0.3) is 0 Å². The average Bonchev–Trinajstić information content (AvgIpc) is 3.38. The van der Waals surface area contributed by atoms with Gasteiger partial charge in [0.05, 0.1) is 29.9 Å². The van der Waals surface area contributed by atoms with Crippen LogP contribution in [-0.2, 0) is 13.0 Å². The number of hydrogen-bond acceptors (Lipinski definition) is 7. The zero-order valence-electron chi connectivity index (χ0n) is 16.6. The summed E-state index contributed by atoms with van der Waals surface area (Å²) in [6.45, 7) is 4.05. The van der Waals surface area contributed by atoms with Crippen molar-refractivity contribution in [3.63, 3.8) is 0 Å². The Labute approximate surface area is 175 Å². The molecule has 0 bridgehead atoms. The van der Waals surface area contributed by atoms with Crippen molar-refractivity contribution in [1.29, 1.82) is 5.26 Å². The SMILES string of the molecule is CCCc1ccc(CN2CCCCC2c2csc(Nc3cc(C#N)ccn3)n2)o1. The molecule has 3 aromatic heterocycles. The summed E-state index contributed by atoms with van der Waals surface area (Å²) < 4.78 is 6.01. The molecule has 1 atom stereocenters. The van der Waals surface area contributed by atoms with Crippen molar-refractivity contribution < 1.29 is 4.42 Å². The largest absolute Gasteiger partial charge is 0.465 e. The molecular formula is C22H25N5OS. The van der Waals surface area contributed by atoms with Gasteiger partial charge in [0.25, 0.3) is 0 Å². The van der Waals surface area contributed by atoms with E-state index in [4.69, 9.17) is 14.7 Å². The van der Waals surface area contributed by atoms with Crippen LogP contribution >= 0.6 is 11.3 Å². The van der Waals surface area contributed by atoms with Crippen LogP contribution in [-0.4, -0.2) is 21.4 Å². The van der Waals surface area contributed by atoms with Crippen molar-refractivity contribution in [2.45, 2.75) is 51.6 Å². The second-order valence-corrected chi connectivity index (χ2v) is 8.20. The molecule has 0 radical (unpaired) electrons. The number of nitriles is 1. The Morgan fingerprint density at radius 1 is 1.31 bits per heavy atom. The summed E-state index contributed by atoms with van der Waals surface area (Å²) in [5, 5.41) is 15.2. The molecule has 4 heterocycles. The van der Waals surface area contributed by atoms with Crippen LogP contribution in [0.1, 0.15) is 61.4 Å². The lowest BCUT2D eigenvalue weighted by Gasteiger charge is -2.34. The fourth-order valence-corrected chi connectivity index (χ4v) is 4.54. The number of anilines is 2. The Bertz CT molecular complexity index is 989. The minimum absolute atomic E-state index is 0.300. The number of likely N-dealkylation sites (tertiary alicyclic amines) is 1. The molecule has 1 aliphatic heterocycles. The number of aromatic nitrogens is 2. The van der Waals surface area contributed by atoms with Crippen LogP contribution in [0.4, 0.5) is 10.9 Å². The normalized spacial score (nSPS) is 17.2. The topological polar surface area (TPSA) is 78.0 Å². The van der Waals surface area contributed by atoms with Crippen LogP contribution in [0.15, 0.2) is 40.3 Å². The molecule has 150 valence electrons. The Kier molecular flexibility index (Phi) is 6.23. The summed E-state index contributed by atoms with van der Waals surface area (Å²) in [4.78, 5) is 11.6. The highest BCUT2D eigenvalue weighted by Crippen LogP contribution is 2.34. The monoisotopic (exact) mass is 407 g/mol. The molecular weight excluding hydrogens is 382 g/mol. The fourth-order valence-electron chi connectivity index (χ4n) is 3.78. The van der Waals surface area contributed by atoms with E-state index in [1.165, 1.54) is 12.8 Å². The first-order valence-corrected chi connectivity index (χ1v) is 11.0. The summed E-state index contributed by atoms with van der Waals surface area (Å²) in [6.07, 6.45) is 7.25. The Morgan fingerprint density at radius 2 is 2.21 bits per heavy atom. The molecule has 1 fully saturated rings. The maximum absolute atomic E-state index is 9.05. The van der Waals surface area contributed by atoms with Gasteiger partial charge in [-0.15, -0.1) is 11.3 Å². The number of furan rings is 1. The summed E-state index contributed by atoms with van der Waals surface area (Å²) in [5.41, 5.74) is 1.67. The first-order chi connectivity index (χ1) is 14.2. The predicted molar refractivity (Wildman–Crippen MR) is 114 cm³/mol. The second-order valence-electron chi connectivity index (χ2n) is 7.34. The third-order valence-electron chi connectivity index (χ3n) is 5.17. The van der Waals surface area contributed by atoms with Crippen LogP contribution in [0.5, 0.6) is 0 Å². The van der Waals surface area contributed by atoms with Crippen molar-refractivity contribution >= 4 is 22.3 Å². The summed E-state index contributed by atoms with van der Waals surface area (Å²) in [5.74, 6) is 2.75. The first-order valence-electron chi connectivity index (χ1n) is 10.2. The third-order valence-corrected chi connectivity index (χ3v) is 5.95. The maximum Gasteiger partial charge on any atom is 0.188 e. The molecule has 6 nitrogen and oxygen atoms in total. The number of thiazole rings is 1. The highest BCUT2D eigenvalue weighted by atomic mass is 32.1. The number of piperidine rings is 1. The lowest BCUT2D eigenvalue weighted by Crippen LogP contribution is -2.33. The molecule has 0 amide bonds. The maximum atomic E-state index is 9.05. The number of aryl methyl sites for hydroxylation is 1. The van der Waals surface area contributed by atoms with Crippen LogP contribution in [0.3, 0.4) is 0 Å². The summed E-state index contributed by atoms with van der Waals surface area (Å²) in [6, 6.07) is 10.1. The number of nitrogens with zero attached hydrogens (tertiary/aromatic N) is 4. The zero-order valence-corrected chi connectivity index (χ0v) is 17.4. The van der Waals surface area contributed by atoms with Crippen molar-refractivity contribution in [1.82, 2.24) is 14.9 Å². The lowest BCUT2D eigenvalue weighted by molar-refractivity contribution is 0.127. The molecule has 3 aromatic rings. The van der Waals surface area contributed by atoms with Gasteiger partial charge in [0.15, 0.2) is 5.13 Å². The minimum atomic E-state index is 0.300. The second kappa shape index (κ2) is 9.21. The van der Waals surface area contributed by atoms with E-state index >= 15 is 0 Å². The highest BCUT2D eigenvalue weighted by molar-refractivity contribution is 7.13. The molecule has 1 N–H and O–H groups in total. The van der Waals surface area contributed by atoms with Gasteiger partial charge in [-0.05, 0) is 50.1 Å². The molecule has 1 aliphatic rings. The Hall–Kier alpha value is -2.69. The molecule has 4 rings (SSSR count). The van der Waals surface area contributed by atoms with Gasteiger partial charge in [0, 0.05) is 18.0 Å². The van der Waals surface area contributed by atoms with Gasteiger partial charge in [-0.2, -0.15) is 5.26 Å². The fraction of sp³-hybridized carbons (Fsp3) is 0.409. The molecule has 7 heteroatoms. The molecule has 1 unspecified atom stereocenters. The quantitative estimate of drug-likeness (QED) is 0.563. The predicted octanol–water partition coefficient (Wildman–Crippen LogP) is 5.43. The van der Waals surface area contributed by atoms with E-state index in [0.29, 0.717) is 17.4 Å². The van der Waals surface area contributed by atoms with E-state index in [0.717, 1.165) is 54.7 Å². The van der Waals surface area contributed by atoms with Crippen molar-refractivity contribution in [2.24, 2.45) is 0 Å². The average molecular weight is 408 g/mol. The van der Waals surface area contributed by atoms with Gasteiger partial charge in [-0.25, -0.2) is 9.97 Å². The van der Waals surface area contributed by atoms with E-state index < -0.39 is 0 Å². The molecule has 0 aliphatic carbocycles. The van der Waals surface area contributed by atoms with E-state index in [9.17, 15) is 0 Å². The number of nitrogens with one attached hydrogen (secondary N) is 1. The number of hydrogen-bond donors (Lipinski definition) is 1. The van der Waals surface area contributed by atoms with E-state index in [1.807, 2.05) is 0 Å². The number of pyridine rings is 1. The van der Waals surface area contributed by atoms with Crippen molar-refractivity contribution in [3.05, 3.63) is 58.6 Å². The summed E-state index contributed by atoms with van der Waals surface area (Å²) in [7, 11) is 0. The minimum Gasteiger partial charge on any atom is -0.465 e. The van der Waals surface area contributed by atoms with Gasteiger partial charge in [-0.3, -0.25) is 4.90 Å². The highest BCUT2D eigenvalue weighted by Gasteiger charge is 2.27. The van der Waals surface area contributed by atoms with Gasteiger partial charge >= 0.3 is 0 Å². The Morgan fingerprint density at radius 3 is 3.07 bits per heavy atom. The molecule has 0 saturated carbocycles. The lowest BCUT2D eigenvalue weighted by atomic mass is 10.00. The number of rotatable bonds is 7. The van der Waals surface area contributed by atoms with Crippen LogP contribution in [0, 0.1) is 11.3 Å². The zero-order chi connectivity index (χ0) is 20.1. The van der Waals surface area contributed by atoms with E-state index in [1.54, 1.807) is 29.7 Å². The first kappa shape index (κ1) is 19.6. The van der Waals surface area contributed by atoms with Crippen LogP contribution in [0.2, 0.25) is 0 Å². The van der Waals surface area contributed by atoms with E-state index in [2.05, 4.69) is 45.7 Å². The van der Waals surface area contributed by atoms with Crippen LogP contribution < -0.4 is 5.32 Å². The molecule has 0 spiro atoms. The van der Waals surface area contributed by atoms with Crippen molar-refractivity contribution in [3.8, 4) is 6.07 Å². The molecule has 29 heavy (non-hydrogen) atoms. The molecule has 1 saturated heterocycles. The van der Waals surface area contributed by atoms with Gasteiger partial charge in [0.2, 0.25) is 0 Å². The smallest absolute Gasteiger partial charge is 0.188 e. The van der Waals surface area contributed by atoms with Gasteiger partial charge < -0.3 is 9.73 Å². The third kappa shape index (κ3) is 4.84. The van der Waals surface area contributed by atoms with Gasteiger partial charge in [-0.1, -0.05) is 13.3 Å². The van der Waals surface area contributed by atoms with E-state index in [-0.39, 0.29) is 0 Å². The van der Waals surface area contributed by atoms with Crippen molar-refractivity contribution in [2.75, 3.05) is 11.9 Å². The molecule has 0 aromatic carbocycles. The van der Waals surface area contributed by atoms with Gasteiger partial charge in [0.1, 0.15) is 17.3 Å². The standard InChI is InChI=1S/C22H25N5OS/c1-2-5-17-7-8-18(28-17)14-27-11-4-3-6-20(27)19-15-29-22(25-19)26-21-12-16(13-23)9-10-24-21/h7-10,12,15,20H,2-6,11,14H2,1H3,(H,24,25,26).